The maximum atomic E-state index is 11.7. The molecule has 0 radical (unpaired) electrons. The number of nitrogens with zero attached hydrogens (tertiary/aromatic N) is 2. The fourth-order valence-corrected chi connectivity index (χ4v) is 1.67. The molecule has 6 heteroatoms. The number of hydrogen-bond acceptors (Lipinski definition) is 1. The fourth-order valence-electron chi connectivity index (χ4n) is 1.67. The van der Waals surface area contributed by atoms with Gasteiger partial charge in [-0.2, -0.15) is 4.99 Å². The van der Waals surface area contributed by atoms with Gasteiger partial charge in [0.25, 0.3) is 5.91 Å². The molecule has 5 nitrogen and oxygen atoms in total. The first-order chi connectivity index (χ1) is 7.59. The van der Waals surface area contributed by atoms with Gasteiger partial charge in [0.15, 0.2) is 5.96 Å². The van der Waals surface area contributed by atoms with Crippen LogP contribution in [0.3, 0.4) is 0 Å². The van der Waals surface area contributed by atoms with Crippen molar-refractivity contribution < 1.29 is 4.79 Å². The summed E-state index contributed by atoms with van der Waals surface area (Å²) in [7, 11) is 1.91. The predicted octanol–water partition coefficient (Wildman–Crippen LogP) is 1.01. The molecule has 1 amide bonds. The monoisotopic (exact) mass is 252 g/mol. The predicted molar refractivity (Wildman–Crippen MR) is 70.3 cm³/mol. The Morgan fingerprint density at radius 3 is 2.65 bits per heavy atom. The number of hydrogen-bond donors (Lipinski definition) is 2. The summed E-state index contributed by atoms with van der Waals surface area (Å²) in [5, 5.41) is 0.847. The molecule has 0 aliphatic carbocycles. The molecular weight excluding hydrogens is 240 g/mol. The zero-order chi connectivity index (χ0) is 11.7. The number of halogens is 1. The zero-order valence-electron chi connectivity index (χ0n) is 9.25. The number of aryl methyl sites for hydroxylation is 1. The number of carbonyl (C=O) groups is 1. The van der Waals surface area contributed by atoms with Crippen molar-refractivity contribution in [2.75, 3.05) is 0 Å². The maximum absolute atomic E-state index is 11.7. The number of amides is 1. The van der Waals surface area contributed by atoms with Gasteiger partial charge in [0.2, 0.25) is 0 Å². The standard InChI is InChI=1S/C11H12N4O.ClH/c1-15-6-5-7-8(3-2-4-9(7)15)10(16)14-11(12)13;/h2-6H,1H3,(H4,12,13,14,16);1H. The summed E-state index contributed by atoms with van der Waals surface area (Å²) in [5.41, 5.74) is 11.8. The minimum Gasteiger partial charge on any atom is -0.370 e. The van der Waals surface area contributed by atoms with E-state index in [-0.39, 0.29) is 18.4 Å². The molecule has 0 atom stereocenters. The lowest BCUT2D eigenvalue weighted by Gasteiger charge is -2.00. The van der Waals surface area contributed by atoms with Crippen molar-refractivity contribution in [2.45, 2.75) is 0 Å². The Bertz CT molecular complexity index is 584. The molecule has 0 fully saturated rings. The Kier molecular flexibility index (Phi) is 3.75. The van der Waals surface area contributed by atoms with Crippen LogP contribution in [0.4, 0.5) is 0 Å². The highest BCUT2D eigenvalue weighted by Crippen LogP contribution is 2.19. The molecule has 1 aromatic carbocycles. The Morgan fingerprint density at radius 2 is 2.00 bits per heavy atom. The third-order valence-corrected chi connectivity index (χ3v) is 2.39. The van der Waals surface area contributed by atoms with E-state index < -0.39 is 5.91 Å². The molecule has 0 bridgehead atoms. The second kappa shape index (κ2) is 4.88. The molecule has 1 heterocycles. The molecule has 2 aromatic rings. The summed E-state index contributed by atoms with van der Waals surface area (Å²) in [4.78, 5) is 15.3. The molecule has 0 saturated heterocycles. The van der Waals surface area contributed by atoms with Gasteiger partial charge >= 0.3 is 0 Å². The van der Waals surface area contributed by atoms with E-state index in [0.717, 1.165) is 10.9 Å². The fraction of sp³-hybridized carbons (Fsp3) is 0.0909. The smallest absolute Gasteiger partial charge is 0.280 e. The SMILES string of the molecule is Cl.Cn1ccc2c(C(=O)N=C(N)N)cccc21. The van der Waals surface area contributed by atoms with Crippen LogP contribution in [0.1, 0.15) is 10.4 Å². The van der Waals surface area contributed by atoms with Gasteiger partial charge in [-0.25, -0.2) is 0 Å². The van der Waals surface area contributed by atoms with E-state index in [2.05, 4.69) is 4.99 Å². The number of fused-ring (bicyclic) bond motifs is 1. The number of carbonyl (C=O) groups excluding carboxylic acids is 1. The highest BCUT2D eigenvalue weighted by atomic mass is 35.5. The molecule has 17 heavy (non-hydrogen) atoms. The minimum absolute atomic E-state index is 0. The second-order valence-corrected chi connectivity index (χ2v) is 3.51. The van der Waals surface area contributed by atoms with Crippen molar-refractivity contribution >= 4 is 35.2 Å². The summed E-state index contributed by atoms with van der Waals surface area (Å²) in [6.45, 7) is 0. The lowest BCUT2D eigenvalue weighted by atomic mass is 10.1. The molecule has 0 aliphatic rings. The van der Waals surface area contributed by atoms with Crippen LogP contribution in [0.25, 0.3) is 10.9 Å². The molecule has 90 valence electrons. The third-order valence-electron chi connectivity index (χ3n) is 2.39. The first kappa shape index (κ1) is 13.1. The molecule has 4 N–H and O–H groups in total. The van der Waals surface area contributed by atoms with Crippen molar-refractivity contribution in [3.05, 3.63) is 36.0 Å². The molecule has 1 aromatic heterocycles. The van der Waals surface area contributed by atoms with Gasteiger partial charge in [-0.1, -0.05) is 6.07 Å². The Balaban J connectivity index is 0.00000144. The van der Waals surface area contributed by atoms with Crippen molar-refractivity contribution in [3.8, 4) is 0 Å². The van der Waals surface area contributed by atoms with Crippen molar-refractivity contribution in [1.82, 2.24) is 4.57 Å². The second-order valence-electron chi connectivity index (χ2n) is 3.51. The van der Waals surface area contributed by atoms with Crippen LogP contribution < -0.4 is 11.5 Å². The topological polar surface area (TPSA) is 86.4 Å². The van der Waals surface area contributed by atoms with Crippen molar-refractivity contribution in [1.29, 1.82) is 0 Å². The zero-order valence-corrected chi connectivity index (χ0v) is 10.1. The van der Waals surface area contributed by atoms with Gasteiger partial charge in [0, 0.05) is 24.1 Å². The first-order valence-corrected chi connectivity index (χ1v) is 4.77. The molecule has 0 unspecified atom stereocenters. The number of nitrogens with two attached hydrogens (primary N) is 2. The van der Waals surface area contributed by atoms with Crippen LogP contribution in [-0.4, -0.2) is 16.4 Å². The van der Waals surface area contributed by atoms with E-state index in [1.807, 2.05) is 29.9 Å². The number of aromatic nitrogens is 1. The van der Waals surface area contributed by atoms with E-state index in [0.29, 0.717) is 5.56 Å². The van der Waals surface area contributed by atoms with Crippen LogP contribution in [0, 0.1) is 0 Å². The van der Waals surface area contributed by atoms with E-state index >= 15 is 0 Å². The average Bonchev–Trinajstić information content (AvgIpc) is 2.59. The molecule has 2 rings (SSSR count). The Labute approximate surface area is 105 Å². The third kappa shape index (κ3) is 2.39. The summed E-state index contributed by atoms with van der Waals surface area (Å²) in [5.74, 6) is -0.644. The number of benzene rings is 1. The van der Waals surface area contributed by atoms with Gasteiger partial charge in [-0.15, -0.1) is 12.4 Å². The number of aliphatic imine (C=N–C) groups is 1. The maximum Gasteiger partial charge on any atom is 0.280 e. The Hall–Kier alpha value is -2.01. The van der Waals surface area contributed by atoms with Gasteiger partial charge in [-0.05, 0) is 18.2 Å². The lowest BCUT2D eigenvalue weighted by Crippen LogP contribution is -2.24. The van der Waals surface area contributed by atoms with Crippen molar-refractivity contribution in [3.63, 3.8) is 0 Å². The Morgan fingerprint density at radius 1 is 1.29 bits per heavy atom. The van der Waals surface area contributed by atoms with Crippen LogP contribution in [0.15, 0.2) is 35.5 Å². The van der Waals surface area contributed by atoms with Gasteiger partial charge in [0.05, 0.1) is 5.56 Å². The average molecular weight is 253 g/mol. The number of guanidine groups is 1. The number of rotatable bonds is 1. The van der Waals surface area contributed by atoms with Crippen LogP contribution in [0.2, 0.25) is 0 Å². The largest absolute Gasteiger partial charge is 0.370 e. The molecule has 0 spiro atoms. The highest BCUT2D eigenvalue weighted by Gasteiger charge is 2.10. The molecule has 0 aliphatic heterocycles. The first-order valence-electron chi connectivity index (χ1n) is 4.77. The summed E-state index contributed by atoms with van der Waals surface area (Å²) in [6.07, 6.45) is 1.89. The summed E-state index contributed by atoms with van der Waals surface area (Å²) >= 11 is 0. The molecule has 0 saturated carbocycles. The summed E-state index contributed by atoms with van der Waals surface area (Å²) in [6, 6.07) is 7.31. The van der Waals surface area contributed by atoms with Crippen LogP contribution in [-0.2, 0) is 7.05 Å². The molecular formula is C11H13ClN4O. The highest BCUT2D eigenvalue weighted by molar-refractivity contribution is 6.10. The van der Waals surface area contributed by atoms with Gasteiger partial charge in [0.1, 0.15) is 0 Å². The van der Waals surface area contributed by atoms with Gasteiger partial charge in [-0.3, -0.25) is 4.79 Å². The van der Waals surface area contributed by atoms with E-state index in [4.69, 9.17) is 11.5 Å². The van der Waals surface area contributed by atoms with E-state index in [1.165, 1.54) is 0 Å². The van der Waals surface area contributed by atoms with Gasteiger partial charge < -0.3 is 16.0 Å². The summed E-state index contributed by atoms with van der Waals surface area (Å²) < 4.78 is 1.93. The van der Waals surface area contributed by atoms with Crippen LogP contribution in [0.5, 0.6) is 0 Å². The lowest BCUT2D eigenvalue weighted by molar-refractivity contribution is 0.100. The van der Waals surface area contributed by atoms with Crippen molar-refractivity contribution in [2.24, 2.45) is 23.5 Å². The van der Waals surface area contributed by atoms with E-state index in [1.54, 1.807) is 12.1 Å². The normalized spacial score (nSPS) is 9.71. The van der Waals surface area contributed by atoms with E-state index in [9.17, 15) is 4.79 Å². The quantitative estimate of drug-likeness (QED) is 0.587. The minimum atomic E-state index is -0.420. The van der Waals surface area contributed by atoms with Crippen LogP contribution >= 0.6 is 12.4 Å².